The summed E-state index contributed by atoms with van der Waals surface area (Å²) in [5, 5.41) is 5.36. The van der Waals surface area contributed by atoms with Crippen LogP contribution in [0, 0.1) is 0 Å². The van der Waals surface area contributed by atoms with Crippen molar-refractivity contribution < 1.29 is 17.9 Å². The molecule has 3 rings (SSSR count). The third kappa shape index (κ3) is 5.85. The van der Waals surface area contributed by atoms with Crippen molar-refractivity contribution in [3.63, 3.8) is 0 Å². The number of amides is 1. The second-order valence-electron chi connectivity index (χ2n) is 7.23. The van der Waals surface area contributed by atoms with Gasteiger partial charge >= 0.3 is 0 Å². The molecule has 3 aromatic carbocycles. The Labute approximate surface area is 198 Å². The highest BCUT2D eigenvalue weighted by atomic mass is 35.5. The SMILES string of the molecule is CC[C@@H](C(=O)NCCOc1cccc2ccccc12)N(c1cc(Cl)cc(Cl)c1)S(C)(=O)=O. The summed E-state index contributed by atoms with van der Waals surface area (Å²) in [4.78, 5) is 12.9. The Morgan fingerprint density at radius 3 is 2.38 bits per heavy atom. The fraction of sp³-hybridized carbons (Fsp3) is 0.261. The molecule has 0 unspecified atom stereocenters. The number of anilines is 1. The van der Waals surface area contributed by atoms with E-state index in [4.69, 9.17) is 27.9 Å². The first-order valence-corrected chi connectivity index (χ1v) is 12.6. The fourth-order valence-electron chi connectivity index (χ4n) is 3.50. The number of ether oxygens (including phenoxy) is 1. The molecule has 170 valence electrons. The highest BCUT2D eigenvalue weighted by Crippen LogP contribution is 2.29. The highest BCUT2D eigenvalue weighted by Gasteiger charge is 2.31. The molecular weight excluding hydrogens is 471 g/mol. The number of hydrogen-bond acceptors (Lipinski definition) is 4. The average molecular weight is 495 g/mol. The minimum Gasteiger partial charge on any atom is -0.491 e. The van der Waals surface area contributed by atoms with Crippen LogP contribution in [0.15, 0.2) is 60.7 Å². The Balaban J connectivity index is 1.70. The van der Waals surface area contributed by atoms with E-state index in [2.05, 4.69) is 5.32 Å². The Bertz CT molecular complexity index is 1190. The normalized spacial score (nSPS) is 12.4. The van der Waals surface area contributed by atoms with Crippen LogP contribution in [0.5, 0.6) is 5.75 Å². The van der Waals surface area contributed by atoms with Crippen LogP contribution in [-0.4, -0.2) is 39.8 Å². The lowest BCUT2D eigenvalue weighted by molar-refractivity contribution is -0.122. The number of carbonyl (C=O) groups is 1. The second-order valence-corrected chi connectivity index (χ2v) is 9.96. The number of rotatable bonds is 9. The molecule has 9 heteroatoms. The van der Waals surface area contributed by atoms with E-state index in [1.54, 1.807) is 6.92 Å². The predicted molar refractivity (Wildman–Crippen MR) is 130 cm³/mol. The first-order chi connectivity index (χ1) is 15.2. The van der Waals surface area contributed by atoms with Gasteiger partial charge in [0.1, 0.15) is 18.4 Å². The maximum Gasteiger partial charge on any atom is 0.244 e. The van der Waals surface area contributed by atoms with E-state index in [0.717, 1.165) is 27.1 Å². The zero-order valence-corrected chi connectivity index (χ0v) is 20.0. The predicted octanol–water partition coefficient (Wildman–Crippen LogP) is 4.89. The number of halogens is 2. The van der Waals surface area contributed by atoms with Crippen molar-refractivity contribution in [3.05, 3.63) is 70.7 Å². The Morgan fingerprint density at radius 1 is 1.06 bits per heavy atom. The molecule has 1 atom stereocenters. The standard InChI is InChI=1S/C23H24Cl2N2O4S/c1-3-21(27(32(2,29)30)19-14-17(24)13-18(25)15-19)23(28)26-11-12-31-22-10-6-8-16-7-4-5-9-20(16)22/h4-10,13-15,21H,3,11-12H2,1-2H3,(H,26,28)/t21-/m0/s1. The van der Waals surface area contributed by atoms with Gasteiger partial charge < -0.3 is 10.1 Å². The quantitative estimate of drug-likeness (QED) is 0.429. The van der Waals surface area contributed by atoms with Crippen LogP contribution in [0.1, 0.15) is 13.3 Å². The molecule has 0 saturated heterocycles. The van der Waals surface area contributed by atoms with Gasteiger partial charge in [-0.05, 0) is 36.1 Å². The minimum atomic E-state index is -3.78. The van der Waals surface area contributed by atoms with Crippen LogP contribution in [0.4, 0.5) is 5.69 Å². The van der Waals surface area contributed by atoms with E-state index < -0.39 is 22.0 Å². The van der Waals surface area contributed by atoms with Crippen molar-refractivity contribution in [1.29, 1.82) is 0 Å². The first kappa shape index (κ1) is 24.2. The third-order valence-electron chi connectivity index (χ3n) is 4.84. The fourth-order valence-corrected chi connectivity index (χ4v) is 5.21. The van der Waals surface area contributed by atoms with Crippen molar-refractivity contribution in [2.24, 2.45) is 0 Å². The first-order valence-electron chi connectivity index (χ1n) is 10.0. The summed E-state index contributed by atoms with van der Waals surface area (Å²) < 4.78 is 32.0. The molecule has 0 spiro atoms. The van der Waals surface area contributed by atoms with Crippen LogP contribution in [0.25, 0.3) is 10.8 Å². The number of benzene rings is 3. The molecule has 32 heavy (non-hydrogen) atoms. The van der Waals surface area contributed by atoms with Crippen LogP contribution in [0.3, 0.4) is 0 Å². The molecule has 6 nitrogen and oxygen atoms in total. The van der Waals surface area contributed by atoms with Gasteiger partial charge in [0.15, 0.2) is 0 Å². The average Bonchev–Trinajstić information content (AvgIpc) is 2.73. The molecule has 0 bridgehead atoms. The van der Waals surface area contributed by atoms with Crippen LogP contribution >= 0.6 is 23.2 Å². The molecule has 0 aromatic heterocycles. The van der Waals surface area contributed by atoms with Gasteiger partial charge in [-0.1, -0.05) is 66.5 Å². The van der Waals surface area contributed by atoms with Gasteiger partial charge in [0.25, 0.3) is 0 Å². The maximum atomic E-state index is 12.9. The van der Waals surface area contributed by atoms with Crippen LogP contribution in [0.2, 0.25) is 10.0 Å². The Morgan fingerprint density at radius 2 is 1.72 bits per heavy atom. The number of hydrogen-bond donors (Lipinski definition) is 1. The summed E-state index contributed by atoms with van der Waals surface area (Å²) in [5.74, 6) is 0.284. The van der Waals surface area contributed by atoms with Crippen molar-refractivity contribution in [2.75, 3.05) is 23.7 Å². The molecule has 1 amide bonds. The van der Waals surface area contributed by atoms with E-state index in [1.165, 1.54) is 18.2 Å². The lowest BCUT2D eigenvalue weighted by Gasteiger charge is -2.30. The second kappa shape index (κ2) is 10.4. The van der Waals surface area contributed by atoms with Gasteiger partial charge in [-0.25, -0.2) is 8.42 Å². The molecule has 0 aliphatic rings. The molecule has 0 aliphatic carbocycles. The minimum absolute atomic E-state index is 0.215. The molecule has 0 fully saturated rings. The van der Waals surface area contributed by atoms with Gasteiger partial charge in [-0.15, -0.1) is 0 Å². The van der Waals surface area contributed by atoms with Gasteiger partial charge in [-0.3, -0.25) is 9.10 Å². The zero-order chi connectivity index (χ0) is 23.3. The number of carbonyl (C=O) groups excluding carboxylic acids is 1. The van der Waals surface area contributed by atoms with Crippen molar-refractivity contribution in [1.82, 2.24) is 5.32 Å². The Hall–Kier alpha value is -2.48. The van der Waals surface area contributed by atoms with Crippen LogP contribution in [-0.2, 0) is 14.8 Å². The highest BCUT2D eigenvalue weighted by molar-refractivity contribution is 7.92. The van der Waals surface area contributed by atoms with Gasteiger partial charge in [0.2, 0.25) is 15.9 Å². The topological polar surface area (TPSA) is 75.7 Å². The smallest absolute Gasteiger partial charge is 0.244 e. The summed E-state index contributed by atoms with van der Waals surface area (Å²) in [6, 6.07) is 17.1. The number of nitrogens with zero attached hydrogens (tertiary/aromatic N) is 1. The van der Waals surface area contributed by atoms with Gasteiger partial charge in [-0.2, -0.15) is 0 Å². The molecule has 0 aliphatic heterocycles. The molecule has 0 radical (unpaired) electrons. The van der Waals surface area contributed by atoms with Gasteiger partial charge in [0.05, 0.1) is 18.5 Å². The van der Waals surface area contributed by atoms with Crippen molar-refractivity contribution >= 4 is 55.6 Å². The van der Waals surface area contributed by atoms with E-state index in [9.17, 15) is 13.2 Å². The summed E-state index contributed by atoms with van der Waals surface area (Å²) >= 11 is 12.1. The molecular formula is C23H24Cl2N2O4S. The van der Waals surface area contributed by atoms with Crippen LogP contribution < -0.4 is 14.4 Å². The largest absolute Gasteiger partial charge is 0.491 e. The lowest BCUT2D eigenvalue weighted by Crippen LogP contribution is -2.50. The van der Waals surface area contributed by atoms with E-state index in [0.29, 0.717) is 0 Å². The molecule has 0 heterocycles. The lowest BCUT2D eigenvalue weighted by atomic mass is 10.1. The summed E-state index contributed by atoms with van der Waals surface area (Å²) in [6.45, 7) is 2.19. The molecule has 3 aromatic rings. The summed E-state index contributed by atoms with van der Waals surface area (Å²) in [6.07, 6.45) is 1.30. The number of sulfonamides is 1. The Kier molecular flexibility index (Phi) is 7.87. The maximum absolute atomic E-state index is 12.9. The number of fused-ring (bicyclic) bond motifs is 1. The summed E-state index contributed by atoms with van der Waals surface area (Å²) in [5.41, 5.74) is 0.235. The number of nitrogens with one attached hydrogen (secondary N) is 1. The third-order valence-corrected chi connectivity index (χ3v) is 6.46. The molecule has 0 saturated carbocycles. The monoisotopic (exact) mass is 494 g/mol. The van der Waals surface area contributed by atoms with Crippen molar-refractivity contribution in [3.8, 4) is 5.75 Å². The van der Waals surface area contributed by atoms with E-state index in [1.807, 2.05) is 42.5 Å². The summed E-state index contributed by atoms with van der Waals surface area (Å²) in [7, 11) is -3.78. The van der Waals surface area contributed by atoms with Crippen molar-refractivity contribution in [2.45, 2.75) is 19.4 Å². The van der Waals surface area contributed by atoms with Gasteiger partial charge in [0, 0.05) is 15.4 Å². The molecule has 1 N–H and O–H groups in total. The van der Waals surface area contributed by atoms with E-state index >= 15 is 0 Å². The zero-order valence-electron chi connectivity index (χ0n) is 17.7. The van der Waals surface area contributed by atoms with E-state index in [-0.39, 0.29) is 35.3 Å².